The molecule has 0 aliphatic carbocycles. The molecule has 0 aromatic heterocycles. The van der Waals surface area contributed by atoms with Gasteiger partial charge in [-0.15, -0.1) is 0 Å². The number of nitrogens with one attached hydrogen (secondary N) is 3. The Morgan fingerprint density at radius 3 is 1.04 bits per heavy atom. The van der Waals surface area contributed by atoms with Gasteiger partial charge in [-0.25, -0.2) is 48.9 Å². The Morgan fingerprint density at radius 2 is 0.800 bits per heavy atom. The average molecular weight is 892 g/mol. The maximum atomic E-state index is 11.8. The Hall–Kier alpha value is -3.72. The molecule has 0 radical (unpaired) electrons. The predicted molar refractivity (Wildman–Crippen MR) is 223 cm³/mol. The van der Waals surface area contributed by atoms with Gasteiger partial charge in [0.15, 0.2) is 23.5 Å². The number of hydroxylamine groups is 2. The lowest BCUT2D eigenvalue weighted by molar-refractivity contribution is -0.531. The second kappa shape index (κ2) is 21.5. The fourth-order valence-electron chi connectivity index (χ4n) is 3.53. The number of hydrogen-bond acceptors (Lipinski definition) is 10. The van der Waals surface area contributed by atoms with E-state index in [2.05, 4.69) is 56.0 Å². The molecule has 3 rings (SSSR count). The molecule has 4 N–H and O–H groups in total. The normalized spacial score (nSPS) is 13.1. The average Bonchev–Trinajstić information content (AvgIpc) is 3.08. The molecule has 0 spiro atoms. The number of rotatable bonds is 9. The van der Waals surface area contributed by atoms with Crippen molar-refractivity contribution in [3.8, 4) is 0 Å². The van der Waals surface area contributed by atoms with Gasteiger partial charge in [0.2, 0.25) is 30.1 Å². The molecule has 15 nitrogen and oxygen atoms in total. The SMILES string of the molecule is CC(C)(C)Br.CNS(=O)(=O)c1ccccc1/C=N\O.CNS(=O)(=O)c1ccccc1/C=[N+](\[O-])C(C)(C)C.CNS(=O)(=O)c1ccccc1/C=[N+](\[O-])C(C)(C)C. The van der Waals surface area contributed by atoms with Crippen LogP contribution in [0.4, 0.5) is 0 Å². The first-order chi connectivity index (χ1) is 25.0. The van der Waals surface area contributed by atoms with Crippen molar-refractivity contribution >= 4 is 64.6 Å². The zero-order valence-corrected chi connectivity index (χ0v) is 37.4. The molecule has 3 aromatic carbocycles. The molecule has 308 valence electrons. The van der Waals surface area contributed by atoms with Crippen LogP contribution >= 0.6 is 15.9 Å². The minimum Gasteiger partial charge on any atom is -0.623 e. The van der Waals surface area contributed by atoms with E-state index >= 15 is 0 Å². The van der Waals surface area contributed by atoms with E-state index in [1.807, 2.05) is 0 Å². The van der Waals surface area contributed by atoms with Crippen molar-refractivity contribution in [1.29, 1.82) is 0 Å². The van der Waals surface area contributed by atoms with Gasteiger partial charge < -0.3 is 15.6 Å². The van der Waals surface area contributed by atoms with E-state index in [-0.39, 0.29) is 14.7 Å². The van der Waals surface area contributed by atoms with Crippen LogP contribution in [0.3, 0.4) is 0 Å². The lowest BCUT2D eigenvalue weighted by atomic mass is 10.1. The second-order valence-corrected chi connectivity index (χ2v) is 22.2. The highest BCUT2D eigenvalue weighted by Crippen LogP contribution is 2.17. The molecule has 0 saturated carbocycles. The molecule has 0 saturated heterocycles. The number of hydrogen-bond donors (Lipinski definition) is 4. The third-order valence-electron chi connectivity index (χ3n) is 6.46. The molecular weight excluding hydrogens is 837 g/mol. The second-order valence-electron chi connectivity index (χ2n) is 14.3. The Labute approximate surface area is 335 Å². The van der Waals surface area contributed by atoms with Crippen LogP contribution < -0.4 is 14.2 Å². The van der Waals surface area contributed by atoms with E-state index in [0.717, 1.165) is 15.7 Å². The first kappa shape index (κ1) is 51.3. The summed E-state index contributed by atoms with van der Waals surface area (Å²) in [5, 5.41) is 34.8. The summed E-state index contributed by atoms with van der Waals surface area (Å²) in [7, 11) is -6.64. The van der Waals surface area contributed by atoms with Crippen molar-refractivity contribution in [3.63, 3.8) is 0 Å². The standard InChI is InChI=1S/2C12H18N2O3S.C8H10N2O3S.C4H9Br/c2*1-12(2,3)14(15)9-10-7-5-6-8-11(10)18(16,17)13-4;1-9-14(12,13)8-5-3-2-4-7(8)6-10-11;1-4(2,3)5/h2*5-9,13H,1-4H3;2-6,9,11H,1H3;1-3H3/b2*14-9-;10-6-;. The van der Waals surface area contributed by atoms with Crippen LogP contribution in [-0.4, -0.2) is 95.1 Å². The molecule has 3 aromatic rings. The highest BCUT2D eigenvalue weighted by atomic mass is 79.9. The summed E-state index contributed by atoms with van der Waals surface area (Å²) in [6, 6.07) is 19.0. The van der Waals surface area contributed by atoms with Crippen molar-refractivity contribution in [2.45, 2.75) is 92.4 Å². The van der Waals surface area contributed by atoms with Crippen LogP contribution in [0.1, 0.15) is 79.0 Å². The molecule has 0 aliphatic heterocycles. The van der Waals surface area contributed by atoms with Gasteiger partial charge >= 0.3 is 0 Å². The first-order valence-electron chi connectivity index (χ1n) is 16.5. The smallest absolute Gasteiger partial charge is 0.241 e. The number of sulfonamides is 3. The third-order valence-corrected chi connectivity index (χ3v) is 10.9. The molecule has 19 heteroatoms. The number of nitrogens with zero attached hydrogens (tertiary/aromatic N) is 3. The number of oxime groups is 1. The van der Waals surface area contributed by atoms with E-state index in [9.17, 15) is 35.7 Å². The molecule has 0 amide bonds. The summed E-state index contributed by atoms with van der Waals surface area (Å²) in [5.41, 5.74) is -0.148. The molecular formula is C36H55BrN6O9S3. The van der Waals surface area contributed by atoms with Crippen molar-refractivity contribution in [2.75, 3.05) is 21.1 Å². The van der Waals surface area contributed by atoms with Gasteiger partial charge in [-0.2, -0.15) is 0 Å². The van der Waals surface area contributed by atoms with Crippen LogP contribution in [0, 0.1) is 10.4 Å². The van der Waals surface area contributed by atoms with E-state index in [4.69, 9.17) is 5.21 Å². The van der Waals surface area contributed by atoms with Crippen LogP contribution in [0.5, 0.6) is 0 Å². The molecule has 0 bridgehead atoms. The largest absolute Gasteiger partial charge is 0.623 e. The topological polar surface area (TPSA) is 223 Å². The van der Waals surface area contributed by atoms with Crippen LogP contribution in [0.15, 0.2) is 92.6 Å². The Morgan fingerprint density at radius 1 is 0.564 bits per heavy atom. The van der Waals surface area contributed by atoms with Gasteiger partial charge in [0.1, 0.15) is 0 Å². The van der Waals surface area contributed by atoms with Gasteiger partial charge in [-0.1, -0.05) is 84.3 Å². The van der Waals surface area contributed by atoms with Gasteiger partial charge in [-0.05, 0) is 51.5 Å². The summed E-state index contributed by atoms with van der Waals surface area (Å²) < 4.78 is 78.6. The van der Waals surface area contributed by atoms with Crippen LogP contribution in [-0.2, 0) is 30.1 Å². The predicted octanol–water partition coefficient (Wildman–Crippen LogP) is 5.23. The summed E-state index contributed by atoms with van der Waals surface area (Å²) in [5.74, 6) is 0. The van der Waals surface area contributed by atoms with E-state index in [0.29, 0.717) is 21.0 Å². The highest BCUT2D eigenvalue weighted by Gasteiger charge is 2.23. The van der Waals surface area contributed by atoms with Crippen molar-refractivity contribution < 1.29 is 39.9 Å². The molecule has 55 heavy (non-hydrogen) atoms. The monoisotopic (exact) mass is 890 g/mol. The molecule has 0 heterocycles. The first-order valence-corrected chi connectivity index (χ1v) is 21.8. The minimum absolute atomic E-state index is 0.0836. The summed E-state index contributed by atoms with van der Waals surface area (Å²) >= 11 is 3.38. The van der Waals surface area contributed by atoms with Crippen molar-refractivity contribution in [1.82, 2.24) is 14.2 Å². The Balaban J connectivity index is 0.000000753. The Bertz CT molecular complexity index is 2010. The van der Waals surface area contributed by atoms with Crippen LogP contribution in [0.2, 0.25) is 0 Å². The Kier molecular flexibility index (Phi) is 20.1. The number of benzene rings is 3. The fourth-order valence-corrected chi connectivity index (χ4v) is 6.25. The van der Waals surface area contributed by atoms with Crippen LogP contribution in [0.25, 0.3) is 0 Å². The number of halogens is 1. The molecule has 0 atom stereocenters. The lowest BCUT2D eigenvalue weighted by Gasteiger charge is -2.19. The zero-order chi connectivity index (χ0) is 43.1. The molecule has 0 fully saturated rings. The van der Waals surface area contributed by atoms with Gasteiger partial charge in [0, 0.05) is 51.4 Å². The van der Waals surface area contributed by atoms with Crippen molar-refractivity contribution in [2.24, 2.45) is 5.16 Å². The van der Waals surface area contributed by atoms with E-state index in [1.165, 1.54) is 51.8 Å². The minimum atomic E-state index is -3.57. The van der Waals surface area contributed by atoms with Crippen molar-refractivity contribution in [3.05, 3.63) is 99.9 Å². The van der Waals surface area contributed by atoms with E-state index in [1.54, 1.807) is 96.1 Å². The molecule has 0 aliphatic rings. The summed E-state index contributed by atoms with van der Waals surface area (Å²) in [6.45, 7) is 16.8. The molecule has 0 unspecified atom stereocenters. The summed E-state index contributed by atoms with van der Waals surface area (Å²) in [6.07, 6.45) is 3.67. The third kappa shape index (κ3) is 18.6. The lowest BCUT2D eigenvalue weighted by Crippen LogP contribution is -2.30. The quantitative estimate of drug-likeness (QED) is 0.0551. The van der Waals surface area contributed by atoms with Gasteiger partial charge in [-0.3, -0.25) is 0 Å². The van der Waals surface area contributed by atoms with E-state index < -0.39 is 41.1 Å². The zero-order valence-electron chi connectivity index (χ0n) is 33.3. The fraction of sp³-hybridized carbons (Fsp3) is 0.417. The van der Waals surface area contributed by atoms with Gasteiger partial charge in [0.25, 0.3) is 0 Å². The number of alkyl halides is 1. The summed E-state index contributed by atoms with van der Waals surface area (Å²) in [4.78, 5) is 0.274. The highest BCUT2D eigenvalue weighted by molar-refractivity contribution is 9.10. The van der Waals surface area contributed by atoms with Gasteiger partial charge in [0.05, 0.1) is 32.0 Å². The maximum Gasteiger partial charge on any atom is 0.241 e. The maximum absolute atomic E-state index is 11.8.